The van der Waals surface area contributed by atoms with Crippen LogP contribution in [0.4, 0.5) is 5.69 Å². The van der Waals surface area contributed by atoms with Gasteiger partial charge in [0, 0.05) is 24.8 Å². The van der Waals surface area contributed by atoms with Crippen LogP contribution in [0.15, 0.2) is 71.2 Å². The molecule has 1 amide bonds. The highest BCUT2D eigenvalue weighted by Crippen LogP contribution is 2.33. The molecule has 0 saturated carbocycles. The molecule has 3 aromatic carbocycles. The number of para-hydroxylation sites is 1. The van der Waals surface area contributed by atoms with Crippen molar-refractivity contribution in [2.45, 2.75) is 12.5 Å². The number of halogens is 1. The number of nitrogens with zero attached hydrogens (tertiary/aromatic N) is 1. The van der Waals surface area contributed by atoms with Gasteiger partial charge >= 0.3 is 0 Å². The summed E-state index contributed by atoms with van der Waals surface area (Å²) >= 11 is 3.60. The van der Waals surface area contributed by atoms with Crippen LogP contribution in [-0.4, -0.2) is 36.5 Å². The minimum atomic E-state index is 0.0208. The van der Waals surface area contributed by atoms with E-state index in [0.29, 0.717) is 12.3 Å². The van der Waals surface area contributed by atoms with Crippen molar-refractivity contribution in [3.8, 4) is 5.75 Å². The predicted octanol–water partition coefficient (Wildman–Crippen LogP) is 4.69. The molecule has 1 saturated heterocycles. The van der Waals surface area contributed by atoms with Crippen LogP contribution in [0.5, 0.6) is 5.75 Å². The number of nitrogens with one attached hydrogen (secondary N) is 1. The van der Waals surface area contributed by atoms with E-state index in [9.17, 15) is 4.79 Å². The maximum Gasteiger partial charge on any atom is 0.260 e. The lowest BCUT2D eigenvalue weighted by Crippen LogP contribution is -2.35. The average Bonchev–Trinajstić information content (AvgIpc) is 3.17. The van der Waals surface area contributed by atoms with Gasteiger partial charge in [0.15, 0.2) is 6.61 Å². The summed E-state index contributed by atoms with van der Waals surface area (Å²) in [7, 11) is 0. The molecule has 1 heterocycles. The predicted molar refractivity (Wildman–Crippen MR) is 112 cm³/mol. The molecule has 4 nitrogen and oxygen atoms in total. The number of carbonyl (C=O) groups excluding carboxylic acids is 1. The van der Waals surface area contributed by atoms with Crippen LogP contribution < -0.4 is 10.1 Å². The zero-order chi connectivity index (χ0) is 18.6. The maximum absolute atomic E-state index is 12.5. The molecule has 1 atom stereocenters. The minimum Gasteiger partial charge on any atom is -0.483 e. The third-order valence-electron chi connectivity index (χ3n) is 4.86. The third-order valence-corrected chi connectivity index (χ3v) is 5.68. The van der Waals surface area contributed by atoms with Gasteiger partial charge in [-0.3, -0.25) is 4.79 Å². The number of likely N-dealkylation sites (tertiary alicyclic amines) is 1. The van der Waals surface area contributed by atoms with Crippen molar-refractivity contribution in [3.05, 3.63) is 71.2 Å². The molecule has 1 N–H and O–H groups in total. The lowest BCUT2D eigenvalue weighted by molar-refractivity contribution is -0.132. The van der Waals surface area contributed by atoms with E-state index < -0.39 is 0 Å². The fraction of sp³-hybridized carbons (Fsp3) is 0.227. The van der Waals surface area contributed by atoms with Gasteiger partial charge in [-0.15, -0.1) is 0 Å². The number of amides is 1. The second-order valence-electron chi connectivity index (χ2n) is 6.72. The van der Waals surface area contributed by atoms with Crippen LogP contribution in [0, 0.1) is 0 Å². The zero-order valence-electron chi connectivity index (χ0n) is 14.9. The van der Waals surface area contributed by atoms with Gasteiger partial charge in [-0.1, -0.05) is 48.5 Å². The molecule has 1 unspecified atom stereocenters. The van der Waals surface area contributed by atoms with Gasteiger partial charge in [-0.2, -0.15) is 0 Å². The first-order chi connectivity index (χ1) is 13.2. The molecule has 27 heavy (non-hydrogen) atoms. The Bertz CT molecular complexity index is 945. The fourth-order valence-corrected chi connectivity index (χ4v) is 4.04. The summed E-state index contributed by atoms with van der Waals surface area (Å²) in [6.07, 6.45) is 0.945. The molecule has 3 aromatic rings. The summed E-state index contributed by atoms with van der Waals surface area (Å²) in [6, 6.07) is 22.4. The van der Waals surface area contributed by atoms with Gasteiger partial charge in [-0.05, 0) is 51.3 Å². The van der Waals surface area contributed by atoms with Gasteiger partial charge in [0.2, 0.25) is 0 Å². The Morgan fingerprint density at radius 1 is 1.07 bits per heavy atom. The normalized spacial score (nSPS) is 16.5. The summed E-state index contributed by atoms with van der Waals surface area (Å²) in [5.41, 5.74) is 1.09. The standard InChI is InChI=1S/C22H21BrN2O2/c23-22-19-9-5-4-6-16(19)10-11-20(22)27-15-21(26)25-13-12-18(14-25)24-17-7-2-1-3-8-17/h1-11,18,24H,12-15H2. The van der Waals surface area contributed by atoms with Gasteiger partial charge < -0.3 is 15.0 Å². The van der Waals surface area contributed by atoms with E-state index >= 15 is 0 Å². The highest BCUT2D eigenvalue weighted by molar-refractivity contribution is 9.10. The van der Waals surface area contributed by atoms with Gasteiger partial charge in [0.05, 0.1) is 4.47 Å². The van der Waals surface area contributed by atoms with E-state index in [1.807, 2.05) is 65.6 Å². The molecule has 5 heteroatoms. The number of anilines is 1. The summed E-state index contributed by atoms with van der Waals surface area (Å²) in [5, 5.41) is 5.70. The first-order valence-electron chi connectivity index (χ1n) is 9.10. The smallest absolute Gasteiger partial charge is 0.260 e. The first kappa shape index (κ1) is 17.9. The number of rotatable bonds is 5. The third kappa shape index (κ3) is 4.08. The van der Waals surface area contributed by atoms with Crippen LogP contribution in [-0.2, 0) is 4.79 Å². The van der Waals surface area contributed by atoms with Crippen molar-refractivity contribution in [3.63, 3.8) is 0 Å². The summed E-state index contributed by atoms with van der Waals surface area (Å²) in [6.45, 7) is 1.51. The number of hydrogen-bond acceptors (Lipinski definition) is 3. The lowest BCUT2D eigenvalue weighted by Gasteiger charge is -2.18. The average molecular weight is 425 g/mol. The van der Waals surface area contributed by atoms with Crippen molar-refractivity contribution in [2.24, 2.45) is 0 Å². The second-order valence-corrected chi connectivity index (χ2v) is 7.52. The largest absolute Gasteiger partial charge is 0.483 e. The summed E-state index contributed by atoms with van der Waals surface area (Å²) in [5.74, 6) is 0.715. The maximum atomic E-state index is 12.5. The van der Waals surface area contributed by atoms with E-state index in [4.69, 9.17) is 4.74 Å². The Balaban J connectivity index is 1.34. The highest BCUT2D eigenvalue weighted by Gasteiger charge is 2.26. The van der Waals surface area contributed by atoms with E-state index in [2.05, 4.69) is 27.3 Å². The minimum absolute atomic E-state index is 0.0208. The van der Waals surface area contributed by atoms with E-state index in [0.717, 1.165) is 33.9 Å². The molecular weight excluding hydrogens is 404 g/mol. The van der Waals surface area contributed by atoms with Crippen LogP contribution >= 0.6 is 15.9 Å². The van der Waals surface area contributed by atoms with Crippen molar-refractivity contribution < 1.29 is 9.53 Å². The molecule has 0 aromatic heterocycles. The molecule has 0 radical (unpaired) electrons. The van der Waals surface area contributed by atoms with Crippen LogP contribution in [0.25, 0.3) is 10.8 Å². The lowest BCUT2D eigenvalue weighted by atomic mass is 10.1. The molecule has 0 spiro atoms. The van der Waals surface area contributed by atoms with Crippen LogP contribution in [0.2, 0.25) is 0 Å². The van der Waals surface area contributed by atoms with Crippen molar-refractivity contribution in [2.75, 3.05) is 25.0 Å². The molecule has 0 bridgehead atoms. The Labute approximate surface area is 167 Å². The number of hydrogen-bond donors (Lipinski definition) is 1. The molecule has 0 aliphatic carbocycles. The summed E-state index contributed by atoms with van der Waals surface area (Å²) < 4.78 is 6.70. The molecule has 1 fully saturated rings. The van der Waals surface area contributed by atoms with Crippen LogP contribution in [0.3, 0.4) is 0 Å². The highest BCUT2D eigenvalue weighted by atomic mass is 79.9. The number of fused-ring (bicyclic) bond motifs is 1. The topological polar surface area (TPSA) is 41.6 Å². The quantitative estimate of drug-likeness (QED) is 0.645. The Morgan fingerprint density at radius 3 is 2.70 bits per heavy atom. The fourth-order valence-electron chi connectivity index (χ4n) is 3.43. The van der Waals surface area contributed by atoms with Gasteiger partial charge in [0.1, 0.15) is 5.75 Å². The summed E-state index contributed by atoms with van der Waals surface area (Å²) in [4.78, 5) is 14.4. The van der Waals surface area contributed by atoms with Crippen molar-refractivity contribution >= 4 is 38.3 Å². The zero-order valence-corrected chi connectivity index (χ0v) is 16.5. The SMILES string of the molecule is O=C(COc1ccc2ccccc2c1Br)N1CCC(Nc2ccccc2)C1. The molecule has 1 aliphatic rings. The van der Waals surface area contributed by atoms with Gasteiger partial charge in [-0.25, -0.2) is 0 Å². The van der Waals surface area contributed by atoms with E-state index in [1.165, 1.54) is 0 Å². The molecule has 1 aliphatic heterocycles. The van der Waals surface area contributed by atoms with Crippen molar-refractivity contribution in [1.29, 1.82) is 0 Å². The second kappa shape index (κ2) is 8.01. The van der Waals surface area contributed by atoms with Gasteiger partial charge in [0.25, 0.3) is 5.91 Å². The Kier molecular flexibility index (Phi) is 5.30. The van der Waals surface area contributed by atoms with E-state index in [1.54, 1.807) is 0 Å². The number of benzene rings is 3. The first-order valence-corrected chi connectivity index (χ1v) is 9.89. The monoisotopic (exact) mass is 424 g/mol. The molecule has 138 valence electrons. The number of carbonyl (C=O) groups is 1. The van der Waals surface area contributed by atoms with Crippen LogP contribution in [0.1, 0.15) is 6.42 Å². The number of ether oxygens (including phenoxy) is 1. The van der Waals surface area contributed by atoms with Crippen molar-refractivity contribution in [1.82, 2.24) is 4.90 Å². The molecular formula is C22H21BrN2O2. The molecule has 4 rings (SSSR count). The Morgan fingerprint density at radius 2 is 1.85 bits per heavy atom. The van der Waals surface area contributed by atoms with E-state index in [-0.39, 0.29) is 18.6 Å². The Hall–Kier alpha value is -2.53.